The fraction of sp³-hybridized carbons (Fsp3) is 0.0500. The smallest absolute Gasteiger partial charge is 0.161 e. The van der Waals surface area contributed by atoms with Gasteiger partial charge < -0.3 is 10.4 Å². The second kappa shape index (κ2) is 6.98. The van der Waals surface area contributed by atoms with Crippen LogP contribution in [-0.2, 0) is 6.42 Å². The average molecular weight is 363 g/mol. The number of hydrogen-bond acceptors (Lipinski definition) is 5. The van der Waals surface area contributed by atoms with Crippen LogP contribution in [0.1, 0.15) is 11.3 Å². The minimum Gasteiger partial charge on any atom is -0.506 e. The Morgan fingerprint density at radius 3 is 2.46 bits per heavy atom. The summed E-state index contributed by atoms with van der Waals surface area (Å²) >= 11 is 5.89. The first-order valence-corrected chi connectivity index (χ1v) is 8.47. The molecule has 0 saturated heterocycles. The van der Waals surface area contributed by atoms with Gasteiger partial charge in [-0.1, -0.05) is 35.9 Å². The number of pyridine rings is 1. The van der Waals surface area contributed by atoms with Crippen molar-refractivity contribution < 1.29 is 5.11 Å². The van der Waals surface area contributed by atoms with E-state index < -0.39 is 0 Å². The van der Waals surface area contributed by atoms with E-state index in [4.69, 9.17) is 11.6 Å². The SMILES string of the molecule is Oc1cc(Cl)ccc1Nc1nnc(Cc2ccncc2)c2ccccc12. The van der Waals surface area contributed by atoms with Crippen LogP contribution in [0.15, 0.2) is 67.0 Å². The monoisotopic (exact) mass is 362 g/mol. The number of rotatable bonds is 4. The standard InChI is InChI=1S/C20H15ClN4O/c21-14-5-6-17(19(26)12-14)23-20-16-4-2-1-3-15(16)18(24-25-20)11-13-7-9-22-10-8-13/h1-10,12,26H,11H2,(H,23,25). The molecule has 0 bridgehead atoms. The van der Waals surface area contributed by atoms with Crippen LogP contribution in [0.25, 0.3) is 10.8 Å². The van der Waals surface area contributed by atoms with E-state index in [1.165, 1.54) is 6.07 Å². The van der Waals surface area contributed by atoms with Gasteiger partial charge in [-0.2, -0.15) is 5.10 Å². The lowest BCUT2D eigenvalue weighted by Gasteiger charge is -2.12. The molecule has 2 N–H and O–H groups in total. The van der Waals surface area contributed by atoms with Crippen LogP contribution in [0.4, 0.5) is 11.5 Å². The van der Waals surface area contributed by atoms with Crippen molar-refractivity contribution in [1.82, 2.24) is 15.2 Å². The number of aromatic nitrogens is 3. The summed E-state index contributed by atoms with van der Waals surface area (Å²) in [6.07, 6.45) is 4.21. The third-order valence-electron chi connectivity index (χ3n) is 4.10. The van der Waals surface area contributed by atoms with Crippen molar-refractivity contribution in [3.05, 3.63) is 83.3 Å². The van der Waals surface area contributed by atoms with Gasteiger partial charge in [0.25, 0.3) is 0 Å². The van der Waals surface area contributed by atoms with E-state index in [2.05, 4.69) is 20.5 Å². The van der Waals surface area contributed by atoms with E-state index >= 15 is 0 Å². The molecule has 0 aliphatic heterocycles. The van der Waals surface area contributed by atoms with E-state index in [9.17, 15) is 5.11 Å². The second-order valence-electron chi connectivity index (χ2n) is 5.86. The summed E-state index contributed by atoms with van der Waals surface area (Å²) in [4.78, 5) is 4.05. The van der Waals surface area contributed by atoms with E-state index in [1.54, 1.807) is 24.5 Å². The van der Waals surface area contributed by atoms with Gasteiger partial charge in [-0.3, -0.25) is 4.98 Å². The van der Waals surface area contributed by atoms with E-state index in [1.807, 2.05) is 36.4 Å². The molecule has 0 atom stereocenters. The highest BCUT2D eigenvalue weighted by Crippen LogP contribution is 2.32. The first-order valence-electron chi connectivity index (χ1n) is 8.09. The van der Waals surface area contributed by atoms with Gasteiger partial charge in [0.2, 0.25) is 0 Å². The van der Waals surface area contributed by atoms with Crippen molar-refractivity contribution in [2.24, 2.45) is 0 Å². The molecule has 5 nitrogen and oxygen atoms in total. The quantitative estimate of drug-likeness (QED) is 0.514. The lowest BCUT2D eigenvalue weighted by atomic mass is 10.0. The number of phenols is 1. The van der Waals surface area contributed by atoms with Gasteiger partial charge in [0.1, 0.15) is 5.75 Å². The topological polar surface area (TPSA) is 70.9 Å². The second-order valence-corrected chi connectivity index (χ2v) is 6.30. The van der Waals surface area contributed by atoms with Gasteiger partial charge in [-0.15, -0.1) is 5.10 Å². The minimum atomic E-state index is 0.0595. The lowest BCUT2D eigenvalue weighted by molar-refractivity contribution is 0.478. The Balaban J connectivity index is 1.74. The molecule has 0 aliphatic carbocycles. The van der Waals surface area contributed by atoms with Crippen LogP contribution in [0.5, 0.6) is 5.75 Å². The summed E-state index contributed by atoms with van der Waals surface area (Å²) in [6.45, 7) is 0. The van der Waals surface area contributed by atoms with Gasteiger partial charge in [0.15, 0.2) is 5.82 Å². The van der Waals surface area contributed by atoms with Crippen molar-refractivity contribution in [2.45, 2.75) is 6.42 Å². The van der Waals surface area contributed by atoms with Crippen LogP contribution < -0.4 is 5.32 Å². The van der Waals surface area contributed by atoms with Crippen LogP contribution in [0.3, 0.4) is 0 Å². The number of halogens is 1. The number of fused-ring (bicyclic) bond motifs is 1. The molecule has 4 aromatic rings. The maximum atomic E-state index is 10.1. The van der Waals surface area contributed by atoms with Crippen LogP contribution >= 0.6 is 11.6 Å². The normalized spacial score (nSPS) is 10.8. The Morgan fingerprint density at radius 2 is 1.69 bits per heavy atom. The van der Waals surface area contributed by atoms with Crippen LogP contribution in [0, 0.1) is 0 Å². The molecule has 0 spiro atoms. The summed E-state index contributed by atoms with van der Waals surface area (Å²) in [6, 6.07) is 16.8. The van der Waals surface area contributed by atoms with E-state index in [0.717, 1.165) is 22.0 Å². The van der Waals surface area contributed by atoms with Crippen molar-refractivity contribution in [3.63, 3.8) is 0 Å². The fourth-order valence-electron chi connectivity index (χ4n) is 2.81. The molecule has 0 radical (unpaired) electrons. The van der Waals surface area contributed by atoms with Crippen molar-refractivity contribution in [1.29, 1.82) is 0 Å². The Kier molecular flexibility index (Phi) is 4.37. The first-order chi connectivity index (χ1) is 12.7. The van der Waals surface area contributed by atoms with Crippen LogP contribution in [-0.4, -0.2) is 20.3 Å². The number of phenolic OH excluding ortho intramolecular Hbond substituents is 1. The maximum Gasteiger partial charge on any atom is 0.161 e. The summed E-state index contributed by atoms with van der Waals surface area (Å²) in [5, 5.41) is 24.4. The van der Waals surface area contributed by atoms with Gasteiger partial charge in [-0.05, 0) is 29.8 Å². The molecule has 0 fully saturated rings. The minimum absolute atomic E-state index is 0.0595. The molecule has 26 heavy (non-hydrogen) atoms. The average Bonchev–Trinajstić information content (AvgIpc) is 2.66. The molecular weight excluding hydrogens is 348 g/mol. The number of nitrogens with one attached hydrogen (secondary N) is 1. The molecule has 0 unspecified atom stereocenters. The van der Waals surface area contributed by atoms with Crippen molar-refractivity contribution in [2.75, 3.05) is 5.32 Å². The highest BCUT2D eigenvalue weighted by Gasteiger charge is 2.11. The zero-order valence-corrected chi connectivity index (χ0v) is 14.5. The summed E-state index contributed by atoms with van der Waals surface area (Å²) in [5.41, 5.74) is 2.53. The van der Waals surface area contributed by atoms with Gasteiger partial charge >= 0.3 is 0 Å². The van der Waals surface area contributed by atoms with Crippen molar-refractivity contribution >= 4 is 33.9 Å². The molecule has 0 amide bonds. The number of hydrogen-bond donors (Lipinski definition) is 2. The largest absolute Gasteiger partial charge is 0.506 e. The molecule has 6 heteroatoms. The fourth-order valence-corrected chi connectivity index (χ4v) is 2.98. The number of aromatic hydroxyl groups is 1. The predicted molar refractivity (Wildman–Crippen MR) is 103 cm³/mol. The van der Waals surface area contributed by atoms with Crippen LogP contribution in [0.2, 0.25) is 5.02 Å². The first kappa shape index (κ1) is 16.3. The van der Waals surface area contributed by atoms with Gasteiger partial charge in [-0.25, -0.2) is 0 Å². The Hall–Kier alpha value is -3.18. The van der Waals surface area contributed by atoms with Crippen molar-refractivity contribution in [3.8, 4) is 5.75 Å². The molecule has 4 rings (SSSR count). The molecule has 2 aromatic heterocycles. The third kappa shape index (κ3) is 3.30. The van der Waals surface area contributed by atoms with E-state index in [-0.39, 0.29) is 5.75 Å². The van der Waals surface area contributed by atoms with Gasteiger partial charge in [0.05, 0.1) is 11.4 Å². The molecule has 0 aliphatic rings. The number of benzene rings is 2. The Bertz CT molecular complexity index is 1070. The number of nitrogens with zero attached hydrogens (tertiary/aromatic N) is 3. The zero-order chi connectivity index (χ0) is 17.9. The Labute approximate surface area is 155 Å². The zero-order valence-electron chi connectivity index (χ0n) is 13.7. The van der Waals surface area contributed by atoms with Gasteiger partial charge in [0, 0.05) is 40.7 Å². The lowest BCUT2D eigenvalue weighted by Crippen LogP contribution is -2.02. The summed E-state index contributed by atoms with van der Waals surface area (Å²) in [5.74, 6) is 0.640. The van der Waals surface area contributed by atoms with E-state index in [0.29, 0.717) is 22.9 Å². The highest BCUT2D eigenvalue weighted by molar-refractivity contribution is 6.30. The molecule has 128 valence electrons. The third-order valence-corrected chi connectivity index (χ3v) is 4.33. The molecule has 0 saturated carbocycles. The Morgan fingerprint density at radius 1 is 0.923 bits per heavy atom. The molecular formula is C20H15ClN4O. The highest BCUT2D eigenvalue weighted by atomic mass is 35.5. The molecule has 2 heterocycles. The summed E-state index contributed by atoms with van der Waals surface area (Å²) < 4.78 is 0. The maximum absolute atomic E-state index is 10.1. The predicted octanol–water partition coefficient (Wildman–Crippen LogP) is 4.72. The molecule has 2 aromatic carbocycles. The summed E-state index contributed by atoms with van der Waals surface area (Å²) in [7, 11) is 0. The number of anilines is 2.